The van der Waals surface area contributed by atoms with Crippen molar-refractivity contribution < 1.29 is 9.59 Å². The van der Waals surface area contributed by atoms with E-state index in [1.54, 1.807) is 0 Å². The van der Waals surface area contributed by atoms with E-state index in [-0.39, 0.29) is 12.0 Å². The maximum atomic E-state index is 12.4. The summed E-state index contributed by atoms with van der Waals surface area (Å²) in [5.74, 6) is 0.334. The van der Waals surface area contributed by atoms with Gasteiger partial charge in [0.2, 0.25) is 6.41 Å². The van der Waals surface area contributed by atoms with Gasteiger partial charge in [0.25, 0.3) is 0 Å². The van der Waals surface area contributed by atoms with Crippen LogP contribution in [0.3, 0.4) is 0 Å². The van der Waals surface area contributed by atoms with Gasteiger partial charge in [-0.25, -0.2) is 0 Å². The molecule has 1 aromatic rings. The van der Waals surface area contributed by atoms with Crippen LogP contribution in [0, 0.1) is 5.92 Å². The molecular weight excluding hydrogens is 250 g/mol. The Bertz CT molecular complexity index is 511. The highest BCUT2D eigenvalue weighted by molar-refractivity contribution is 5.82. The van der Waals surface area contributed by atoms with Crippen LogP contribution in [0.1, 0.15) is 49.3 Å². The van der Waals surface area contributed by atoms with Crippen molar-refractivity contribution in [1.29, 1.82) is 0 Å². The molecule has 2 aliphatic rings. The Morgan fingerprint density at radius 3 is 2.80 bits per heavy atom. The smallest absolute Gasteiger partial charge is 0.210 e. The van der Waals surface area contributed by atoms with E-state index in [0.29, 0.717) is 12.2 Å². The summed E-state index contributed by atoms with van der Waals surface area (Å²) in [7, 11) is 0. The molecular formula is C17H21NO2. The first-order valence-electron chi connectivity index (χ1n) is 7.63. The second-order valence-corrected chi connectivity index (χ2v) is 5.91. The fraction of sp³-hybridized carbons (Fsp3) is 0.529. The van der Waals surface area contributed by atoms with Crippen molar-refractivity contribution in [2.24, 2.45) is 5.92 Å². The average molecular weight is 271 g/mol. The highest BCUT2D eigenvalue weighted by Crippen LogP contribution is 2.39. The van der Waals surface area contributed by atoms with Gasteiger partial charge in [-0.15, -0.1) is 0 Å². The van der Waals surface area contributed by atoms with Crippen LogP contribution in [-0.4, -0.2) is 23.6 Å². The van der Waals surface area contributed by atoms with Gasteiger partial charge in [-0.1, -0.05) is 37.1 Å². The number of carbonyl (C=O) groups is 2. The molecule has 1 amide bonds. The molecule has 0 bridgehead atoms. The zero-order chi connectivity index (χ0) is 13.9. The highest BCUT2D eigenvalue weighted by Gasteiger charge is 2.36. The quantitative estimate of drug-likeness (QED) is 0.612. The number of fused-ring (bicyclic) bond motifs is 1. The van der Waals surface area contributed by atoms with E-state index in [1.807, 2.05) is 17.0 Å². The molecule has 1 aromatic carbocycles. The van der Waals surface area contributed by atoms with Gasteiger partial charge < -0.3 is 4.90 Å². The van der Waals surface area contributed by atoms with Crippen LogP contribution in [0.4, 0.5) is 0 Å². The third-order valence-electron chi connectivity index (χ3n) is 4.74. The molecule has 1 aliphatic carbocycles. The van der Waals surface area contributed by atoms with Crippen LogP contribution >= 0.6 is 0 Å². The summed E-state index contributed by atoms with van der Waals surface area (Å²) in [5, 5.41) is 0. The summed E-state index contributed by atoms with van der Waals surface area (Å²) in [5.41, 5.74) is 2.48. The van der Waals surface area contributed by atoms with Crippen molar-refractivity contribution >= 4 is 12.2 Å². The minimum absolute atomic E-state index is 0.0100. The first kappa shape index (κ1) is 13.3. The SMILES string of the molecule is O=CN1CCc2ccccc2C1C1CCCCCC1=O. The molecule has 0 saturated heterocycles. The summed E-state index contributed by atoms with van der Waals surface area (Å²) in [6, 6.07) is 8.24. The van der Waals surface area contributed by atoms with Crippen LogP contribution in [0.5, 0.6) is 0 Å². The lowest BCUT2D eigenvalue weighted by Crippen LogP contribution is -2.40. The van der Waals surface area contributed by atoms with Crippen LogP contribution < -0.4 is 0 Å². The highest BCUT2D eigenvalue weighted by atomic mass is 16.1. The molecule has 2 unspecified atom stereocenters. The molecule has 0 aromatic heterocycles. The fourth-order valence-corrected chi connectivity index (χ4v) is 3.70. The normalized spacial score (nSPS) is 26.8. The molecule has 2 atom stereocenters. The molecule has 1 heterocycles. The van der Waals surface area contributed by atoms with Crippen LogP contribution in [0.15, 0.2) is 24.3 Å². The van der Waals surface area contributed by atoms with Crippen molar-refractivity contribution in [3.05, 3.63) is 35.4 Å². The van der Waals surface area contributed by atoms with Gasteiger partial charge in [-0.05, 0) is 30.4 Å². The molecule has 0 spiro atoms. The Kier molecular flexibility index (Phi) is 3.86. The van der Waals surface area contributed by atoms with Crippen molar-refractivity contribution in [2.45, 2.75) is 44.6 Å². The van der Waals surface area contributed by atoms with Gasteiger partial charge in [0.1, 0.15) is 5.78 Å². The van der Waals surface area contributed by atoms with Crippen molar-refractivity contribution in [3.63, 3.8) is 0 Å². The van der Waals surface area contributed by atoms with E-state index in [9.17, 15) is 9.59 Å². The number of hydrogen-bond acceptors (Lipinski definition) is 2. The lowest BCUT2D eigenvalue weighted by atomic mass is 9.81. The van der Waals surface area contributed by atoms with E-state index in [1.165, 1.54) is 11.1 Å². The number of carbonyl (C=O) groups excluding carboxylic acids is 2. The molecule has 0 N–H and O–H groups in total. The maximum Gasteiger partial charge on any atom is 0.210 e. The fourth-order valence-electron chi connectivity index (χ4n) is 3.70. The lowest BCUT2D eigenvalue weighted by Gasteiger charge is -2.39. The predicted octanol–water partition coefficient (Wildman–Crippen LogP) is 2.89. The minimum Gasteiger partial charge on any atom is -0.337 e. The Morgan fingerprint density at radius 1 is 1.10 bits per heavy atom. The summed E-state index contributed by atoms with van der Waals surface area (Å²) in [4.78, 5) is 25.7. The third kappa shape index (κ3) is 2.37. The van der Waals surface area contributed by atoms with E-state index in [0.717, 1.165) is 45.1 Å². The lowest BCUT2D eigenvalue weighted by molar-refractivity contribution is -0.129. The van der Waals surface area contributed by atoms with Crippen LogP contribution in [-0.2, 0) is 16.0 Å². The van der Waals surface area contributed by atoms with Gasteiger partial charge in [-0.2, -0.15) is 0 Å². The van der Waals surface area contributed by atoms with Crippen molar-refractivity contribution in [3.8, 4) is 0 Å². The van der Waals surface area contributed by atoms with Gasteiger partial charge in [0, 0.05) is 18.9 Å². The van der Waals surface area contributed by atoms with Crippen LogP contribution in [0.25, 0.3) is 0 Å². The van der Waals surface area contributed by atoms with E-state index < -0.39 is 0 Å². The summed E-state index contributed by atoms with van der Waals surface area (Å²) in [6.07, 6.45) is 6.66. The molecule has 20 heavy (non-hydrogen) atoms. The first-order valence-corrected chi connectivity index (χ1v) is 7.63. The number of rotatable bonds is 2. The average Bonchev–Trinajstić information content (AvgIpc) is 2.70. The largest absolute Gasteiger partial charge is 0.337 e. The molecule has 1 fully saturated rings. The zero-order valence-corrected chi connectivity index (χ0v) is 11.8. The molecule has 3 nitrogen and oxygen atoms in total. The number of nitrogens with zero attached hydrogens (tertiary/aromatic N) is 1. The first-order chi connectivity index (χ1) is 9.81. The molecule has 1 saturated carbocycles. The Balaban J connectivity index is 1.99. The number of amides is 1. The Morgan fingerprint density at radius 2 is 1.95 bits per heavy atom. The van der Waals surface area contributed by atoms with Gasteiger partial charge in [-0.3, -0.25) is 9.59 Å². The summed E-state index contributed by atoms with van der Waals surface area (Å²) >= 11 is 0. The van der Waals surface area contributed by atoms with Crippen molar-refractivity contribution in [1.82, 2.24) is 4.90 Å². The van der Waals surface area contributed by atoms with Crippen molar-refractivity contribution in [2.75, 3.05) is 6.54 Å². The Hall–Kier alpha value is -1.64. The monoisotopic (exact) mass is 271 g/mol. The van der Waals surface area contributed by atoms with Crippen LogP contribution in [0.2, 0.25) is 0 Å². The molecule has 0 radical (unpaired) electrons. The Labute approximate surface area is 120 Å². The summed E-state index contributed by atoms with van der Waals surface area (Å²) < 4.78 is 0. The number of hydrogen-bond donors (Lipinski definition) is 0. The van der Waals surface area contributed by atoms with E-state index >= 15 is 0 Å². The molecule has 3 heteroatoms. The number of Topliss-reactive ketones (excluding diaryl/α,β-unsaturated/α-hetero) is 1. The third-order valence-corrected chi connectivity index (χ3v) is 4.74. The molecule has 1 aliphatic heterocycles. The topological polar surface area (TPSA) is 37.4 Å². The second-order valence-electron chi connectivity index (χ2n) is 5.91. The predicted molar refractivity (Wildman–Crippen MR) is 77.2 cm³/mol. The maximum absolute atomic E-state index is 12.4. The molecule has 3 rings (SSSR count). The molecule has 106 valence electrons. The second kappa shape index (κ2) is 5.78. The van der Waals surface area contributed by atoms with Gasteiger partial charge in [0.05, 0.1) is 6.04 Å². The minimum atomic E-state index is -0.0388. The van der Waals surface area contributed by atoms with E-state index in [4.69, 9.17) is 0 Å². The van der Waals surface area contributed by atoms with Gasteiger partial charge in [0.15, 0.2) is 0 Å². The number of benzene rings is 1. The summed E-state index contributed by atoms with van der Waals surface area (Å²) in [6.45, 7) is 0.731. The van der Waals surface area contributed by atoms with Gasteiger partial charge >= 0.3 is 0 Å². The number of ketones is 1. The standard InChI is InChI=1S/C17H21NO2/c19-12-18-11-10-13-6-4-5-7-14(13)17(18)15-8-2-1-3-9-16(15)20/h4-7,12,15,17H,1-3,8-11H2. The van der Waals surface area contributed by atoms with E-state index in [2.05, 4.69) is 12.1 Å². The zero-order valence-electron chi connectivity index (χ0n) is 11.8.